The van der Waals surface area contributed by atoms with Gasteiger partial charge in [-0.2, -0.15) is 0 Å². The Labute approximate surface area is 121 Å². The third-order valence-corrected chi connectivity index (χ3v) is 5.13. The van der Waals surface area contributed by atoms with E-state index in [0.717, 1.165) is 12.8 Å². The van der Waals surface area contributed by atoms with Gasteiger partial charge in [-0.1, -0.05) is 12.8 Å². The third-order valence-electron chi connectivity index (χ3n) is 3.69. The van der Waals surface area contributed by atoms with Gasteiger partial charge in [0.1, 0.15) is 4.90 Å². The number of hydrogen-bond donors (Lipinski definition) is 2. The van der Waals surface area contributed by atoms with Crippen LogP contribution in [0.25, 0.3) is 0 Å². The third kappa shape index (κ3) is 3.56. The number of hydrogen-bond acceptors (Lipinski definition) is 3. The van der Waals surface area contributed by atoms with E-state index < -0.39 is 38.5 Å². The molecule has 0 aliphatic heterocycles. The Morgan fingerprint density at radius 3 is 2.48 bits per heavy atom. The summed E-state index contributed by atoms with van der Waals surface area (Å²) in [6, 6.07) is 1.23. The molecule has 2 atom stereocenters. The Bertz CT molecular complexity index is 621. The second-order valence-electron chi connectivity index (χ2n) is 5.14. The zero-order valence-corrected chi connectivity index (χ0v) is 12.0. The Kier molecular flexibility index (Phi) is 4.90. The summed E-state index contributed by atoms with van der Waals surface area (Å²) in [5, 5.41) is 9.75. The second kappa shape index (κ2) is 6.33. The minimum absolute atomic E-state index is 0.0675. The average molecular weight is 323 g/mol. The summed E-state index contributed by atoms with van der Waals surface area (Å²) >= 11 is 0. The molecule has 1 aliphatic rings. The van der Waals surface area contributed by atoms with Gasteiger partial charge >= 0.3 is 0 Å². The van der Waals surface area contributed by atoms with Gasteiger partial charge in [0.15, 0.2) is 17.5 Å². The van der Waals surface area contributed by atoms with Crippen molar-refractivity contribution in [2.75, 3.05) is 6.54 Å². The molecule has 8 heteroatoms. The van der Waals surface area contributed by atoms with Crippen LogP contribution in [0.5, 0.6) is 0 Å². The number of aliphatic hydroxyl groups excluding tert-OH is 1. The Morgan fingerprint density at radius 1 is 1.14 bits per heavy atom. The Morgan fingerprint density at radius 2 is 1.81 bits per heavy atom. The fourth-order valence-electron chi connectivity index (χ4n) is 2.44. The van der Waals surface area contributed by atoms with Crippen molar-refractivity contribution in [3.05, 3.63) is 29.6 Å². The van der Waals surface area contributed by atoms with E-state index in [-0.39, 0.29) is 12.5 Å². The minimum Gasteiger partial charge on any atom is -0.393 e. The number of halogens is 3. The average Bonchev–Trinajstić information content (AvgIpc) is 2.44. The van der Waals surface area contributed by atoms with Gasteiger partial charge in [0.25, 0.3) is 0 Å². The first-order chi connectivity index (χ1) is 9.83. The fraction of sp³-hybridized carbons (Fsp3) is 0.538. The standard InChI is InChI=1S/C13H16F3NO3S/c14-9-5-6-11(13(16)12(9)15)21(19,20)17-7-8-3-1-2-4-10(8)18/h5-6,8,10,17-18H,1-4,7H2. The highest BCUT2D eigenvalue weighted by molar-refractivity contribution is 7.89. The fourth-order valence-corrected chi connectivity index (χ4v) is 3.60. The molecule has 2 unspecified atom stereocenters. The monoisotopic (exact) mass is 323 g/mol. The van der Waals surface area contributed by atoms with Crippen molar-refractivity contribution in [3.63, 3.8) is 0 Å². The molecule has 0 heterocycles. The Balaban J connectivity index is 2.13. The molecular weight excluding hydrogens is 307 g/mol. The lowest BCUT2D eigenvalue weighted by atomic mass is 9.87. The van der Waals surface area contributed by atoms with E-state index >= 15 is 0 Å². The van der Waals surface area contributed by atoms with E-state index in [1.807, 2.05) is 0 Å². The van der Waals surface area contributed by atoms with Crippen molar-refractivity contribution < 1.29 is 26.7 Å². The van der Waals surface area contributed by atoms with Crippen molar-refractivity contribution in [2.24, 2.45) is 5.92 Å². The van der Waals surface area contributed by atoms with Gasteiger partial charge in [-0.05, 0) is 30.9 Å². The summed E-state index contributed by atoms with van der Waals surface area (Å²) in [6.45, 7) is -0.0675. The maximum Gasteiger partial charge on any atom is 0.243 e. The van der Waals surface area contributed by atoms with Crippen LogP contribution in [0.3, 0.4) is 0 Å². The van der Waals surface area contributed by atoms with Gasteiger partial charge < -0.3 is 5.11 Å². The van der Waals surface area contributed by atoms with E-state index in [4.69, 9.17) is 0 Å². The van der Waals surface area contributed by atoms with Crippen molar-refractivity contribution in [3.8, 4) is 0 Å². The molecule has 2 N–H and O–H groups in total. The summed E-state index contributed by atoms with van der Waals surface area (Å²) in [5.74, 6) is -5.28. The van der Waals surface area contributed by atoms with Crippen LogP contribution in [-0.4, -0.2) is 26.2 Å². The molecule has 1 fully saturated rings. The molecule has 0 amide bonds. The van der Waals surface area contributed by atoms with Gasteiger partial charge in [-0.15, -0.1) is 0 Å². The van der Waals surface area contributed by atoms with Crippen LogP contribution in [0.4, 0.5) is 13.2 Å². The molecule has 1 aromatic rings. The normalized spacial score (nSPS) is 23.2. The molecule has 0 saturated heterocycles. The van der Waals surface area contributed by atoms with Crippen LogP contribution in [-0.2, 0) is 10.0 Å². The van der Waals surface area contributed by atoms with Crippen LogP contribution in [0.2, 0.25) is 0 Å². The van der Waals surface area contributed by atoms with E-state index in [1.54, 1.807) is 0 Å². The first-order valence-electron chi connectivity index (χ1n) is 6.64. The van der Waals surface area contributed by atoms with Crippen LogP contribution in [0, 0.1) is 23.4 Å². The smallest absolute Gasteiger partial charge is 0.243 e. The van der Waals surface area contributed by atoms with Gasteiger partial charge in [-0.25, -0.2) is 26.3 Å². The molecule has 1 saturated carbocycles. The lowest BCUT2D eigenvalue weighted by molar-refractivity contribution is 0.0724. The molecule has 0 spiro atoms. The van der Waals surface area contributed by atoms with Crippen molar-refractivity contribution in [1.29, 1.82) is 0 Å². The van der Waals surface area contributed by atoms with Gasteiger partial charge in [0, 0.05) is 6.54 Å². The summed E-state index contributed by atoms with van der Waals surface area (Å²) in [4.78, 5) is -0.938. The first kappa shape index (κ1) is 16.3. The zero-order chi connectivity index (χ0) is 15.6. The summed E-state index contributed by atoms with van der Waals surface area (Å²) < 4.78 is 65.5. The number of rotatable bonds is 4. The van der Waals surface area contributed by atoms with Crippen LogP contribution in [0.15, 0.2) is 17.0 Å². The maximum atomic E-state index is 13.5. The highest BCUT2D eigenvalue weighted by Gasteiger charge is 2.27. The summed E-state index contributed by atoms with van der Waals surface area (Å²) in [6.07, 6.45) is 2.39. The SMILES string of the molecule is O=S(=O)(NCC1CCCCC1O)c1ccc(F)c(F)c1F. The number of sulfonamides is 1. The van der Waals surface area contributed by atoms with Gasteiger partial charge in [-0.3, -0.25) is 0 Å². The van der Waals surface area contributed by atoms with Crippen molar-refractivity contribution in [2.45, 2.75) is 36.7 Å². The van der Waals surface area contributed by atoms with E-state index in [2.05, 4.69) is 4.72 Å². The lowest BCUT2D eigenvalue weighted by Gasteiger charge is -2.27. The summed E-state index contributed by atoms with van der Waals surface area (Å²) in [5.41, 5.74) is 0. The number of aliphatic hydroxyl groups is 1. The second-order valence-corrected chi connectivity index (χ2v) is 6.87. The van der Waals surface area contributed by atoms with E-state index in [9.17, 15) is 26.7 Å². The topological polar surface area (TPSA) is 66.4 Å². The molecule has 1 aliphatic carbocycles. The highest BCUT2D eigenvalue weighted by atomic mass is 32.2. The zero-order valence-electron chi connectivity index (χ0n) is 11.2. The molecule has 0 bridgehead atoms. The number of benzene rings is 1. The Hall–Kier alpha value is -1.12. The molecule has 4 nitrogen and oxygen atoms in total. The van der Waals surface area contributed by atoms with Crippen LogP contribution in [0.1, 0.15) is 25.7 Å². The maximum absolute atomic E-state index is 13.5. The lowest BCUT2D eigenvalue weighted by Crippen LogP contribution is -2.37. The highest BCUT2D eigenvalue weighted by Crippen LogP contribution is 2.25. The quantitative estimate of drug-likeness (QED) is 0.832. The van der Waals surface area contributed by atoms with Crippen LogP contribution < -0.4 is 4.72 Å². The summed E-state index contributed by atoms with van der Waals surface area (Å²) in [7, 11) is -4.30. The minimum atomic E-state index is -4.30. The predicted octanol–water partition coefficient (Wildman–Crippen LogP) is 1.93. The molecule has 2 rings (SSSR count). The van der Waals surface area contributed by atoms with Gasteiger partial charge in [0.2, 0.25) is 10.0 Å². The van der Waals surface area contributed by atoms with Crippen molar-refractivity contribution >= 4 is 10.0 Å². The molecule has 1 aromatic carbocycles. The number of nitrogens with one attached hydrogen (secondary N) is 1. The van der Waals surface area contributed by atoms with E-state index in [1.165, 1.54) is 0 Å². The molecule has 0 radical (unpaired) electrons. The van der Waals surface area contributed by atoms with Gasteiger partial charge in [0.05, 0.1) is 6.10 Å². The molecular formula is C13H16F3NO3S. The van der Waals surface area contributed by atoms with Crippen LogP contribution >= 0.6 is 0 Å². The van der Waals surface area contributed by atoms with Crippen molar-refractivity contribution in [1.82, 2.24) is 4.72 Å². The molecule has 118 valence electrons. The molecule has 0 aromatic heterocycles. The van der Waals surface area contributed by atoms with E-state index in [0.29, 0.717) is 25.0 Å². The first-order valence-corrected chi connectivity index (χ1v) is 8.12. The predicted molar refractivity (Wildman–Crippen MR) is 69.5 cm³/mol. The largest absolute Gasteiger partial charge is 0.393 e. The molecule has 21 heavy (non-hydrogen) atoms.